The largest absolute Gasteiger partial charge is 0.497 e. The fourth-order valence-corrected chi connectivity index (χ4v) is 4.02. The molecule has 1 aliphatic rings. The predicted octanol–water partition coefficient (Wildman–Crippen LogP) is 3.41. The van der Waals surface area contributed by atoms with E-state index >= 15 is 0 Å². The first-order chi connectivity index (χ1) is 13.5. The number of rotatable bonds is 5. The molecule has 1 heterocycles. The zero-order valence-electron chi connectivity index (χ0n) is 17.2. The molecular weight excluding hydrogens is 392 g/mol. The molecule has 2 aromatic rings. The maximum absolute atomic E-state index is 12.9. The number of hydrogen-bond donors (Lipinski definition) is 2. The molecule has 3 rings (SSSR count). The number of carbonyl (C=O) groups excluding carboxylic acids is 1. The average Bonchev–Trinajstić information content (AvgIpc) is 2.60. The number of anilines is 1. The Kier molecular flexibility index (Phi) is 5.49. The maximum Gasteiger partial charge on any atom is 0.251 e. The topological polar surface area (TPSA) is 93.7 Å². The van der Waals surface area contributed by atoms with Gasteiger partial charge < -0.3 is 14.8 Å². The van der Waals surface area contributed by atoms with Gasteiger partial charge in [-0.05, 0) is 50.6 Å². The van der Waals surface area contributed by atoms with Crippen LogP contribution in [-0.2, 0) is 10.0 Å². The average molecular weight is 419 g/mol. The Labute approximate surface area is 171 Å². The van der Waals surface area contributed by atoms with E-state index in [9.17, 15) is 13.2 Å². The summed E-state index contributed by atoms with van der Waals surface area (Å²) in [6.45, 7) is 5.71. The van der Waals surface area contributed by atoms with E-state index < -0.39 is 15.6 Å². The van der Waals surface area contributed by atoms with Crippen LogP contribution in [0.15, 0.2) is 36.4 Å². The lowest BCUT2D eigenvalue weighted by Gasteiger charge is -2.38. The Morgan fingerprint density at radius 1 is 1.21 bits per heavy atom. The van der Waals surface area contributed by atoms with Gasteiger partial charge >= 0.3 is 0 Å². The highest BCUT2D eigenvalue weighted by Gasteiger charge is 2.35. The smallest absolute Gasteiger partial charge is 0.251 e. The summed E-state index contributed by atoms with van der Waals surface area (Å²) in [6.07, 6.45) is 1.67. The number of benzene rings is 2. The van der Waals surface area contributed by atoms with E-state index in [2.05, 4.69) is 10.0 Å². The third-order valence-corrected chi connectivity index (χ3v) is 5.37. The van der Waals surface area contributed by atoms with E-state index in [0.717, 1.165) is 17.4 Å². The minimum absolute atomic E-state index is 0.250. The SMILES string of the molecule is COc1ccc2c(c1)OC(C)(C)CC2NC(=O)c1ccc(C)c(NS(C)(=O)=O)c1. The van der Waals surface area contributed by atoms with Crippen LogP contribution in [0.4, 0.5) is 5.69 Å². The van der Waals surface area contributed by atoms with Crippen molar-refractivity contribution < 1.29 is 22.7 Å². The van der Waals surface area contributed by atoms with Crippen molar-refractivity contribution in [3.63, 3.8) is 0 Å². The molecule has 1 unspecified atom stereocenters. The molecule has 2 aromatic carbocycles. The molecule has 29 heavy (non-hydrogen) atoms. The first-order valence-electron chi connectivity index (χ1n) is 9.24. The quantitative estimate of drug-likeness (QED) is 0.776. The third kappa shape index (κ3) is 5.00. The number of amides is 1. The van der Waals surface area contributed by atoms with Crippen molar-refractivity contribution in [1.29, 1.82) is 0 Å². The fraction of sp³-hybridized carbons (Fsp3) is 0.381. The van der Waals surface area contributed by atoms with Crippen molar-refractivity contribution in [1.82, 2.24) is 5.32 Å². The number of fused-ring (bicyclic) bond motifs is 1. The van der Waals surface area contributed by atoms with Crippen molar-refractivity contribution in [2.45, 2.75) is 38.8 Å². The number of nitrogens with one attached hydrogen (secondary N) is 2. The van der Waals surface area contributed by atoms with Gasteiger partial charge in [-0.25, -0.2) is 8.42 Å². The Morgan fingerprint density at radius 2 is 1.93 bits per heavy atom. The van der Waals surface area contributed by atoms with Crippen LogP contribution < -0.4 is 19.5 Å². The molecule has 0 radical (unpaired) electrons. The van der Waals surface area contributed by atoms with Gasteiger partial charge in [-0.2, -0.15) is 0 Å². The third-order valence-electron chi connectivity index (χ3n) is 4.78. The molecule has 0 saturated carbocycles. The number of hydrogen-bond acceptors (Lipinski definition) is 5. The summed E-state index contributed by atoms with van der Waals surface area (Å²) < 4.78 is 36.9. The molecule has 0 spiro atoms. The van der Waals surface area contributed by atoms with E-state index in [0.29, 0.717) is 29.2 Å². The normalized spacial score (nSPS) is 17.6. The van der Waals surface area contributed by atoms with Gasteiger partial charge in [0.2, 0.25) is 10.0 Å². The second kappa shape index (κ2) is 7.59. The molecule has 1 aliphatic heterocycles. The van der Waals surface area contributed by atoms with Gasteiger partial charge in [0, 0.05) is 23.6 Å². The first-order valence-corrected chi connectivity index (χ1v) is 11.1. The van der Waals surface area contributed by atoms with Crippen molar-refractivity contribution in [2.75, 3.05) is 18.1 Å². The highest BCUT2D eigenvalue weighted by Crippen LogP contribution is 2.41. The van der Waals surface area contributed by atoms with E-state index in [1.807, 2.05) is 32.0 Å². The fourth-order valence-electron chi connectivity index (χ4n) is 3.40. The van der Waals surface area contributed by atoms with Crippen molar-refractivity contribution in [3.8, 4) is 11.5 Å². The molecule has 7 nitrogen and oxygen atoms in total. The minimum atomic E-state index is -3.44. The van der Waals surface area contributed by atoms with Gasteiger partial charge in [0.05, 0.1) is 25.1 Å². The summed E-state index contributed by atoms with van der Waals surface area (Å²) in [6, 6.07) is 10.2. The molecule has 0 bridgehead atoms. The van der Waals surface area contributed by atoms with E-state index in [1.165, 1.54) is 0 Å². The molecule has 0 fully saturated rings. The van der Waals surface area contributed by atoms with E-state index in [-0.39, 0.29) is 11.9 Å². The number of sulfonamides is 1. The molecule has 0 aliphatic carbocycles. The summed E-state index contributed by atoms with van der Waals surface area (Å²) in [4.78, 5) is 12.9. The lowest BCUT2D eigenvalue weighted by Crippen LogP contribution is -2.41. The lowest BCUT2D eigenvalue weighted by molar-refractivity contribution is 0.0617. The zero-order valence-corrected chi connectivity index (χ0v) is 18.0. The minimum Gasteiger partial charge on any atom is -0.497 e. The van der Waals surface area contributed by atoms with E-state index in [1.54, 1.807) is 32.2 Å². The molecule has 0 aromatic heterocycles. The van der Waals surface area contributed by atoms with Crippen LogP contribution in [0.5, 0.6) is 11.5 Å². The van der Waals surface area contributed by atoms with Gasteiger partial charge in [0.1, 0.15) is 17.1 Å². The summed E-state index contributed by atoms with van der Waals surface area (Å²) in [5.41, 5.74) is 1.91. The van der Waals surface area contributed by atoms with Crippen molar-refractivity contribution in [2.24, 2.45) is 0 Å². The van der Waals surface area contributed by atoms with E-state index in [4.69, 9.17) is 9.47 Å². The van der Waals surface area contributed by atoms with Crippen molar-refractivity contribution in [3.05, 3.63) is 53.1 Å². The van der Waals surface area contributed by atoms with Gasteiger partial charge in [0.25, 0.3) is 5.91 Å². The van der Waals surface area contributed by atoms with Gasteiger partial charge in [-0.3, -0.25) is 9.52 Å². The predicted molar refractivity (Wildman–Crippen MR) is 112 cm³/mol. The van der Waals surface area contributed by atoms with Gasteiger partial charge in [-0.15, -0.1) is 0 Å². The maximum atomic E-state index is 12.9. The highest BCUT2D eigenvalue weighted by molar-refractivity contribution is 7.92. The second-order valence-corrected chi connectivity index (χ2v) is 9.65. The summed E-state index contributed by atoms with van der Waals surface area (Å²) in [5.74, 6) is 1.07. The zero-order chi connectivity index (χ0) is 21.4. The Morgan fingerprint density at radius 3 is 2.59 bits per heavy atom. The highest BCUT2D eigenvalue weighted by atomic mass is 32.2. The van der Waals surface area contributed by atoms with Crippen LogP contribution in [0.2, 0.25) is 0 Å². The number of carbonyl (C=O) groups is 1. The Bertz CT molecular complexity index is 1050. The molecule has 156 valence electrons. The second-order valence-electron chi connectivity index (χ2n) is 7.90. The number of aryl methyl sites for hydroxylation is 1. The van der Waals surface area contributed by atoms with Crippen LogP contribution in [-0.4, -0.2) is 33.3 Å². The Balaban J connectivity index is 1.88. The van der Waals surface area contributed by atoms with Gasteiger partial charge in [0.15, 0.2) is 0 Å². The van der Waals surface area contributed by atoms with Crippen molar-refractivity contribution >= 4 is 21.6 Å². The van der Waals surface area contributed by atoms with Crippen LogP contribution in [0.25, 0.3) is 0 Å². The number of ether oxygens (including phenoxy) is 2. The first kappa shape index (κ1) is 21.0. The molecule has 1 atom stereocenters. The van der Waals surface area contributed by atoms with Crippen LogP contribution in [0.1, 0.15) is 47.8 Å². The lowest BCUT2D eigenvalue weighted by atomic mass is 9.89. The monoisotopic (exact) mass is 418 g/mol. The standard InChI is InChI=1S/C21H26N2O5S/c1-13-6-7-14(10-17(13)23-29(5,25)26)20(24)22-18-12-21(2,3)28-19-11-15(27-4)8-9-16(18)19/h6-11,18,23H,12H2,1-5H3,(H,22,24). The van der Waals surface area contributed by atoms with Crippen LogP contribution in [0, 0.1) is 6.92 Å². The van der Waals surface area contributed by atoms with Crippen LogP contribution in [0.3, 0.4) is 0 Å². The number of methoxy groups -OCH3 is 1. The molecule has 2 N–H and O–H groups in total. The molecule has 0 saturated heterocycles. The Hall–Kier alpha value is -2.74. The molecule has 1 amide bonds. The molecule has 8 heteroatoms. The van der Waals surface area contributed by atoms with Crippen LogP contribution >= 0.6 is 0 Å². The summed E-state index contributed by atoms with van der Waals surface area (Å²) >= 11 is 0. The van der Waals surface area contributed by atoms with Gasteiger partial charge in [-0.1, -0.05) is 6.07 Å². The summed E-state index contributed by atoms with van der Waals surface area (Å²) in [7, 11) is -1.85. The summed E-state index contributed by atoms with van der Waals surface area (Å²) in [5, 5.41) is 3.06. The molecular formula is C21H26N2O5S.